The summed E-state index contributed by atoms with van der Waals surface area (Å²) >= 11 is 1.47. The number of nitrogens with zero attached hydrogens (tertiary/aromatic N) is 2. The van der Waals surface area contributed by atoms with Crippen LogP contribution < -0.4 is 10.6 Å². The van der Waals surface area contributed by atoms with Crippen molar-refractivity contribution in [1.29, 1.82) is 0 Å². The molecule has 0 radical (unpaired) electrons. The maximum absolute atomic E-state index is 13.0. The van der Waals surface area contributed by atoms with Crippen molar-refractivity contribution in [2.45, 2.75) is 19.6 Å². The van der Waals surface area contributed by atoms with Gasteiger partial charge in [0.2, 0.25) is 0 Å². The number of benzene rings is 1. The van der Waals surface area contributed by atoms with Gasteiger partial charge in [0, 0.05) is 23.8 Å². The number of anilines is 2. The molecule has 20 heavy (non-hydrogen) atoms. The zero-order valence-electron chi connectivity index (χ0n) is 11.0. The Hall–Kier alpha value is -1.76. The molecule has 2 N–H and O–H groups in total. The molecule has 3 nitrogen and oxygen atoms in total. The van der Waals surface area contributed by atoms with E-state index >= 15 is 0 Å². The molecule has 2 aromatic rings. The largest absolute Gasteiger partial charge is 0.418 e. The van der Waals surface area contributed by atoms with Gasteiger partial charge in [-0.15, -0.1) is 11.3 Å². The Bertz CT molecular complexity index is 607. The molecule has 1 heterocycles. The Morgan fingerprint density at radius 3 is 2.60 bits per heavy atom. The second-order valence-corrected chi connectivity index (χ2v) is 5.55. The smallest absolute Gasteiger partial charge is 0.399 e. The summed E-state index contributed by atoms with van der Waals surface area (Å²) in [5.41, 5.74) is 5.66. The minimum absolute atomic E-state index is 0.0948. The van der Waals surface area contributed by atoms with Crippen molar-refractivity contribution in [3.05, 3.63) is 39.8 Å². The lowest BCUT2D eigenvalue weighted by atomic mass is 10.1. The van der Waals surface area contributed by atoms with Crippen molar-refractivity contribution >= 4 is 22.7 Å². The molecule has 2 rings (SSSR count). The van der Waals surface area contributed by atoms with E-state index in [2.05, 4.69) is 4.98 Å². The van der Waals surface area contributed by atoms with E-state index in [1.54, 1.807) is 7.05 Å². The Balaban J connectivity index is 2.32. The lowest BCUT2D eigenvalue weighted by molar-refractivity contribution is -0.137. The predicted molar refractivity (Wildman–Crippen MR) is 74.8 cm³/mol. The van der Waals surface area contributed by atoms with E-state index in [0.717, 1.165) is 16.8 Å². The first-order valence-electron chi connectivity index (χ1n) is 5.86. The van der Waals surface area contributed by atoms with Gasteiger partial charge in [-0.05, 0) is 25.1 Å². The van der Waals surface area contributed by atoms with Gasteiger partial charge in [0.1, 0.15) is 0 Å². The average Bonchev–Trinajstić information content (AvgIpc) is 2.73. The highest BCUT2D eigenvalue weighted by molar-refractivity contribution is 7.09. The van der Waals surface area contributed by atoms with Crippen molar-refractivity contribution in [2.75, 3.05) is 17.7 Å². The quantitative estimate of drug-likeness (QED) is 0.879. The third kappa shape index (κ3) is 3.22. The lowest BCUT2D eigenvalue weighted by Gasteiger charge is -2.23. The number of nitrogens with two attached hydrogens (primary N) is 1. The molecular formula is C13H14F3N3S. The first-order valence-corrected chi connectivity index (χ1v) is 6.74. The van der Waals surface area contributed by atoms with Gasteiger partial charge in [0.25, 0.3) is 0 Å². The van der Waals surface area contributed by atoms with E-state index in [-0.39, 0.29) is 11.4 Å². The van der Waals surface area contributed by atoms with Gasteiger partial charge in [-0.1, -0.05) is 0 Å². The van der Waals surface area contributed by atoms with Crippen LogP contribution in [-0.4, -0.2) is 12.0 Å². The van der Waals surface area contributed by atoms with E-state index in [1.165, 1.54) is 28.4 Å². The van der Waals surface area contributed by atoms with Crippen LogP contribution in [0, 0.1) is 6.92 Å². The molecule has 0 unspecified atom stereocenters. The summed E-state index contributed by atoms with van der Waals surface area (Å²) in [5, 5.41) is 2.73. The maximum atomic E-state index is 13.0. The van der Waals surface area contributed by atoms with E-state index in [1.807, 2.05) is 12.3 Å². The van der Waals surface area contributed by atoms with Crippen LogP contribution in [0.5, 0.6) is 0 Å². The highest BCUT2D eigenvalue weighted by Crippen LogP contribution is 2.37. The second kappa shape index (κ2) is 5.32. The SMILES string of the molecule is Cc1nc(CN(C)c2ccc(N)cc2C(F)(F)F)cs1. The molecule has 1 aromatic heterocycles. The molecular weight excluding hydrogens is 287 g/mol. The molecule has 0 aliphatic rings. The van der Waals surface area contributed by atoms with Crippen LogP contribution in [0.25, 0.3) is 0 Å². The van der Waals surface area contributed by atoms with Gasteiger partial charge in [-0.2, -0.15) is 13.2 Å². The zero-order valence-corrected chi connectivity index (χ0v) is 11.8. The summed E-state index contributed by atoms with van der Waals surface area (Å²) in [7, 11) is 1.61. The van der Waals surface area contributed by atoms with Crippen LogP contribution >= 0.6 is 11.3 Å². The van der Waals surface area contributed by atoms with Crippen molar-refractivity contribution < 1.29 is 13.2 Å². The number of hydrogen-bond donors (Lipinski definition) is 1. The molecule has 0 saturated heterocycles. The highest BCUT2D eigenvalue weighted by Gasteiger charge is 2.34. The third-order valence-corrected chi connectivity index (χ3v) is 3.63. The van der Waals surface area contributed by atoms with Crippen LogP contribution in [0.15, 0.2) is 23.6 Å². The Kier molecular flexibility index (Phi) is 3.89. The number of aromatic nitrogens is 1. The fourth-order valence-electron chi connectivity index (χ4n) is 1.92. The average molecular weight is 301 g/mol. The summed E-state index contributed by atoms with van der Waals surface area (Å²) in [6.07, 6.45) is -4.43. The summed E-state index contributed by atoms with van der Waals surface area (Å²) in [4.78, 5) is 5.78. The lowest BCUT2D eigenvalue weighted by Crippen LogP contribution is -2.21. The summed E-state index contributed by atoms with van der Waals surface area (Å²) in [6, 6.07) is 3.81. The number of nitrogen functional groups attached to an aromatic ring is 1. The molecule has 0 bridgehead atoms. The molecule has 0 fully saturated rings. The number of thiazole rings is 1. The summed E-state index contributed by atoms with van der Waals surface area (Å²) < 4.78 is 39.1. The van der Waals surface area contributed by atoms with Crippen LogP contribution in [0.4, 0.5) is 24.5 Å². The Morgan fingerprint density at radius 1 is 1.35 bits per heavy atom. The van der Waals surface area contributed by atoms with Gasteiger partial charge >= 0.3 is 6.18 Å². The molecule has 1 aromatic carbocycles. The van der Waals surface area contributed by atoms with E-state index in [0.29, 0.717) is 6.54 Å². The van der Waals surface area contributed by atoms with Crippen LogP contribution in [0.1, 0.15) is 16.3 Å². The molecule has 0 spiro atoms. The summed E-state index contributed by atoms with van der Waals surface area (Å²) in [6.45, 7) is 2.18. The highest BCUT2D eigenvalue weighted by atomic mass is 32.1. The molecule has 0 aliphatic heterocycles. The van der Waals surface area contributed by atoms with Gasteiger partial charge in [0.15, 0.2) is 0 Å². The standard InChI is InChI=1S/C13H14F3N3S/c1-8-18-10(7-20-8)6-19(2)12-4-3-9(17)5-11(12)13(14,15)16/h3-5,7H,6,17H2,1-2H3. The van der Waals surface area contributed by atoms with Crippen LogP contribution in [-0.2, 0) is 12.7 Å². The minimum Gasteiger partial charge on any atom is -0.399 e. The Morgan fingerprint density at radius 2 is 2.05 bits per heavy atom. The van der Waals surface area contributed by atoms with Gasteiger partial charge in [-0.25, -0.2) is 4.98 Å². The van der Waals surface area contributed by atoms with Crippen LogP contribution in [0.2, 0.25) is 0 Å². The van der Waals surface area contributed by atoms with E-state index in [4.69, 9.17) is 5.73 Å². The first kappa shape index (κ1) is 14.6. The minimum atomic E-state index is -4.43. The van der Waals surface area contributed by atoms with E-state index < -0.39 is 11.7 Å². The van der Waals surface area contributed by atoms with Crippen molar-refractivity contribution in [3.63, 3.8) is 0 Å². The van der Waals surface area contributed by atoms with Gasteiger partial charge < -0.3 is 10.6 Å². The fourth-order valence-corrected chi connectivity index (χ4v) is 2.53. The summed E-state index contributed by atoms with van der Waals surface area (Å²) in [5.74, 6) is 0. The normalized spacial score (nSPS) is 11.7. The van der Waals surface area contributed by atoms with Crippen molar-refractivity contribution in [1.82, 2.24) is 4.98 Å². The molecule has 7 heteroatoms. The predicted octanol–water partition coefficient (Wildman–Crippen LogP) is 3.69. The van der Waals surface area contributed by atoms with Gasteiger partial charge in [-0.3, -0.25) is 0 Å². The zero-order chi connectivity index (χ0) is 14.9. The number of rotatable bonds is 3. The fraction of sp³-hybridized carbons (Fsp3) is 0.308. The molecule has 0 aliphatic carbocycles. The number of halogens is 3. The third-order valence-electron chi connectivity index (χ3n) is 2.80. The number of alkyl halides is 3. The molecule has 108 valence electrons. The maximum Gasteiger partial charge on any atom is 0.418 e. The molecule has 0 amide bonds. The topological polar surface area (TPSA) is 42.2 Å². The van der Waals surface area contributed by atoms with Gasteiger partial charge in [0.05, 0.1) is 22.8 Å². The van der Waals surface area contributed by atoms with Crippen molar-refractivity contribution in [2.24, 2.45) is 0 Å². The molecule has 0 atom stereocenters. The molecule has 0 saturated carbocycles. The van der Waals surface area contributed by atoms with Crippen LogP contribution in [0.3, 0.4) is 0 Å². The van der Waals surface area contributed by atoms with Crippen molar-refractivity contribution in [3.8, 4) is 0 Å². The monoisotopic (exact) mass is 301 g/mol. The number of hydrogen-bond acceptors (Lipinski definition) is 4. The first-order chi connectivity index (χ1) is 9.27. The van der Waals surface area contributed by atoms with E-state index in [9.17, 15) is 13.2 Å². The Labute approximate surface area is 118 Å². The second-order valence-electron chi connectivity index (χ2n) is 4.49. The number of aryl methyl sites for hydroxylation is 1.